The van der Waals surface area contributed by atoms with Crippen LogP contribution in [0.1, 0.15) is 26.2 Å². The Balaban J connectivity index is 1.92. The standard InChI is InChI=1S/C8H14O3/c1-8(3-4-8)6-11-5-2-7(9)10/h2-6H2,1H3,(H,9,10). The Morgan fingerprint density at radius 1 is 1.64 bits per heavy atom. The number of rotatable bonds is 5. The molecule has 0 atom stereocenters. The number of carboxylic acids is 1. The van der Waals surface area contributed by atoms with Crippen LogP contribution in [0.4, 0.5) is 0 Å². The Morgan fingerprint density at radius 3 is 2.73 bits per heavy atom. The molecule has 3 nitrogen and oxygen atoms in total. The zero-order valence-electron chi connectivity index (χ0n) is 6.80. The van der Waals surface area contributed by atoms with E-state index in [0.717, 1.165) is 6.61 Å². The number of aliphatic carboxylic acids is 1. The number of carboxylic acid groups (broad SMARTS) is 1. The minimum Gasteiger partial charge on any atom is -0.481 e. The summed E-state index contributed by atoms with van der Waals surface area (Å²) in [6.45, 7) is 3.24. The van der Waals surface area contributed by atoms with Crippen LogP contribution in [0.3, 0.4) is 0 Å². The first-order valence-electron chi connectivity index (χ1n) is 3.92. The Bertz CT molecular complexity index is 149. The number of ether oxygens (including phenoxy) is 1. The minimum absolute atomic E-state index is 0.121. The van der Waals surface area contributed by atoms with Gasteiger partial charge < -0.3 is 9.84 Å². The first-order chi connectivity index (χ1) is 5.12. The molecule has 64 valence electrons. The van der Waals surface area contributed by atoms with Gasteiger partial charge in [0.05, 0.1) is 19.6 Å². The largest absolute Gasteiger partial charge is 0.481 e. The first kappa shape index (κ1) is 8.53. The summed E-state index contributed by atoms with van der Waals surface area (Å²) in [7, 11) is 0. The Kier molecular flexibility index (Phi) is 2.49. The summed E-state index contributed by atoms with van der Waals surface area (Å²) in [5.74, 6) is -0.786. The van der Waals surface area contributed by atoms with Crippen LogP contribution in [0.2, 0.25) is 0 Å². The van der Waals surface area contributed by atoms with Crippen LogP contribution in [0.15, 0.2) is 0 Å². The van der Waals surface area contributed by atoms with E-state index in [1.165, 1.54) is 12.8 Å². The molecule has 0 amide bonds. The predicted molar refractivity (Wildman–Crippen MR) is 40.4 cm³/mol. The second kappa shape index (κ2) is 3.22. The summed E-state index contributed by atoms with van der Waals surface area (Å²) >= 11 is 0. The summed E-state index contributed by atoms with van der Waals surface area (Å²) in [6.07, 6.45) is 2.57. The Hall–Kier alpha value is -0.570. The maximum atomic E-state index is 10.1. The predicted octanol–water partition coefficient (Wildman–Crippen LogP) is 1.28. The molecule has 0 aromatic carbocycles. The van der Waals surface area contributed by atoms with E-state index >= 15 is 0 Å². The molecule has 11 heavy (non-hydrogen) atoms. The van der Waals surface area contributed by atoms with Crippen LogP contribution in [0, 0.1) is 5.41 Å². The average molecular weight is 158 g/mol. The van der Waals surface area contributed by atoms with Gasteiger partial charge in [0, 0.05) is 0 Å². The number of carbonyl (C=O) groups is 1. The van der Waals surface area contributed by atoms with E-state index in [4.69, 9.17) is 9.84 Å². The van der Waals surface area contributed by atoms with Gasteiger partial charge in [-0.15, -0.1) is 0 Å². The quantitative estimate of drug-likeness (QED) is 0.613. The molecule has 1 aliphatic rings. The van der Waals surface area contributed by atoms with E-state index in [-0.39, 0.29) is 6.42 Å². The third kappa shape index (κ3) is 3.37. The molecule has 0 unspecified atom stereocenters. The van der Waals surface area contributed by atoms with Crippen molar-refractivity contribution < 1.29 is 14.6 Å². The van der Waals surface area contributed by atoms with Gasteiger partial charge in [0.2, 0.25) is 0 Å². The van der Waals surface area contributed by atoms with Gasteiger partial charge in [-0.3, -0.25) is 4.79 Å². The molecule has 0 aromatic heterocycles. The highest BCUT2D eigenvalue weighted by Gasteiger charge is 2.37. The molecule has 1 rings (SSSR count). The lowest BCUT2D eigenvalue weighted by Gasteiger charge is -2.07. The molecule has 1 N–H and O–H groups in total. The Morgan fingerprint density at radius 2 is 2.27 bits per heavy atom. The monoisotopic (exact) mass is 158 g/mol. The zero-order valence-corrected chi connectivity index (χ0v) is 6.80. The highest BCUT2D eigenvalue weighted by atomic mass is 16.5. The van der Waals surface area contributed by atoms with Crippen molar-refractivity contribution in [2.45, 2.75) is 26.2 Å². The summed E-state index contributed by atoms with van der Waals surface area (Å²) in [5, 5.41) is 8.28. The molecular formula is C8H14O3. The molecule has 1 aliphatic carbocycles. The van der Waals surface area contributed by atoms with Crippen LogP contribution in [-0.2, 0) is 9.53 Å². The molecule has 0 bridgehead atoms. The molecule has 3 heteroatoms. The molecule has 0 aliphatic heterocycles. The van der Waals surface area contributed by atoms with Crippen LogP contribution >= 0.6 is 0 Å². The molecule has 0 aromatic rings. The SMILES string of the molecule is CC1(COCCC(=O)O)CC1. The van der Waals surface area contributed by atoms with Gasteiger partial charge in [-0.05, 0) is 18.3 Å². The smallest absolute Gasteiger partial charge is 0.305 e. The topological polar surface area (TPSA) is 46.5 Å². The highest BCUT2D eigenvalue weighted by molar-refractivity contribution is 5.66. The molecule has 0 radical (unpaired) electrons. The minimum atomic E-state index is -0.786. The lowest BCUT2D eigenvalue weighted by molar-refractivity contribution is -0.138. The third-order valence-corrected chi connectivity index (χ3v) is 2.01. The average Bonchev–Trinajstić information content (AvgIpc) is 2.62. The van der Waals surface area contributed by atoms with Crippen LogP contribution in [0.25, 0.3) is 0 Å². The zero-order chi connectivity index (χ0) is 8.32. The first-order valence-corrected chi connectivity index (χ1v) is 3.92. The Labute approximate surface area is 66.4 Å². The summed E-state index contributed by atoms with van der Waals surface area (Å²) in [4.78, 5) is 10.1. The van der Waals surface area contributed by atoms with Crippen molar-refractivity contribution in [2.75, 3.05) is 13.2 Å². The van der Waals surface area contributed by atoms with E-state index < -0.39 is 5.97 Å². The molecule has 1 saturated carbocycles. The van der Waals surface area contributed by atoms with Crippen molar-refractivity contribution in [3.05, 3.63) is 0 Å². The van der Waals surface area contributed by atoms with Crippen LogP contribution in [0.5, 0.6) is 0 Å². The number of hydrogen-bond donors (Lipinski definition) is 1. The van der Waals surface area contributed by atoms with Crippen molar-refractivity contribution in [3.8, 4) is 0 Å². The summed E-state index contributed by atoms with van der Waals surface area (Å²) in [5.41, 5.74) is 0.374. The van der Waals surface area contributed by atoms with Gasteiger partial charge in [-0.1, -0.05) is 6.92 Å². The molecule has 0 heterocycles. The van der Waals surface area contributed by atoms with Crippen molar-refractivity contribution in [1.82, 2.24) is 0 Å². The fourth-order valence-corrected chi connectivity index (χ4v) is 0.836. The summed E-state index contributed by atoms with van der Waals surface area (Å²) < 4.78 is 5.19. The maximum Gasteiger partial charge on any atom is 0.305 e. The fraction of sp³-hybridized carbons (Fsp3) is 0.875. The van der Waals surface area contributed by atoms with Crippen LogP contribution in [-0.4, -0.2) is 24.3 Å². The van der Waals surface area contributed by atoms with E-state index in [1.54, 1.807) is 0 Å². The van der Waals surface area contributed by atoms with Crippen molar-refractivity contribution >= 4 is 5.97 Å². The van der Waals surface area contributed by atoms with Crippen LogP contribution < -0.4 is 0 Å². The fourth-order valence-electron chi connectivity index (χ4n) is 0.836. The van der Waals surface area contributed by atoms with Gasteiger partial charge in [-0.25, -0.2) is 0 Å². The lowest BCUT2D eigenvalue weighted by Crippen LogP contribution is -2.09. The van der Waals surface area contributed by atoms with Gasteiger partial charge >= 0.3 is 5.97 Å². The summed E-state index contributed by atoms with van der Waals surface area (Å²) in [6, 6.07) is 0. The van der Waals surface area contributed by atoms with E-state index in [0.29, 0.717) is 12.0 Å². The van der Waals surface area contributed by atoms with E-state index in [2.05, 4.69) is 6.92 Å². The second-order valence-electron chi connectivity index (χ2n) is 3.51. The molecule has 0 saturated heterocycles. The van der Waals surface area contributed by atoms with Crippen molar-refractivity contribution in [2.24, 2.45) is 5.41 Å². The van der Waals surface area contributed by atoms with Gasteiger partial charge in [0.1, 0.15) is 0 Å². The lowest BCUT2D eigenvalue weighted by atomic mass is 10.2. The third-order valence-electron chi connectivity index (χ3n) is 2.01. The second-order valence-corrected chi connectivity index (χ2v) is 3.51. The normalized spacial score (nSPS) is 19.7. The van der Waals surface area contributed by atoms with E-state index in [1.807, 2.05) is 0 Å². The highest BCUT2D eigenvalue weighted by Crippen LogP contribution is 2.44. The molecule has 1 fully saturated rings. The van der Waals surface area contributed by atoms with Crippen molar-refractivity contribution in [3.63, 3.8) is 0 Å². The van der Waals surface area contributed by atoms with Gasteiger partial charge in [0.15, 0.2) is 0 Å². The number of hydrogen-bond acceptors (Lipinski definition) is 2. The maximum absolute atomic E-state index is 10.1. The van der Waals surface area contributed by atoms with Crippen molar-refractivity contribution in [1.29, 1.82) is 0 Å². The van der Waals surface area contributed by atoms with Gasteiger partial charge in [0.25, 0.3) is 0 Å². The van der Waals surface area contributed by atoms with Gasteiger partial charge in [-0.2, -0.15) is 0 Å². The van der Waals surface area contributed by atoms with E-state index in [9.17, 15) is 4.79 Å². The molecule has 0 spiro atoms. The molecular weight excluding hydrogens is 144 g/mol.